The second kappa shape index (κ2) is 10.1. The molecule has 1 N–H and O–H groups in total. The van der Waals surface area contributed by atoms with Gasteiger partial charge in [-0.05, 0) is 55.2 Å². The Morgan fingerprint density at radius 2 is 2.15 bits per heavy atom. The van der Waals surface area contributed by atoms with Crippen molar-refractivity contribution in [2.75, 3.05) is 6.61 Å². The van der Waals surface area contributed by atoms with Gasteiger partial charge in [0.2, 0.25) is 0 Å². The van der Waals surface area contributed by atoms with Gasteiger partial charge in [0.25, 0.3) is 0 Å². The number of hydrogen-bond donors (Lipinski definition) is 1. The number of Topliss-reactive ketones (excluding diaryl/α,β-unsaturated/α-hetero) is 1. The maximum absolute atomic E-state index is 13.2. The molecular weight excluding hydrogens is 426 g/mol. The third-order valence-corrected chi connectivity index (χ3v) is 5.37. The molecule has 1 aromatic rings. The van der Waals surface area contributed by atoms with Gasteiger partial charge < -0.3 is 10.1 Å². The molecule has 2 unspecified atom stereocenters. The quantitative estimate of drug-likeness (QED) is 0.347. The van der Waals surface area contributed by atoms with Crippen LogP contribution in [0.3, 0.4) is 0 Å². The number of fused-ring (bicyclic) bond motifs is 1. The number of benzene rings is 1. The average Bonchev–Trinajstić information content (AvgIpc) is 2.70. The van der Waals surface area contributed by atoms with Crippen molar-refractivity contribution in [1.29, 1.82) is 0 Å². The van der Waals surface area contributed by atoms with E-state index in [1.54, 1.807) is 0 Å². The summed E-state index contributed by atoms with van der Waals surface area (Å²) in [6, 6.07) is 5.57. The van der Waals surface area contributed by atoms with Gasteiger partial charge >= 0.3 is 0 Å². The minimum atomic E-state index is -0.196. The fraction of sp³-hybridized carbons (Fsp3) is 0.409. The summed E-state index contributed by atoms with van der Waals surface area (Å²) in [7, 11) is 0. The lowest BCUT2D eigenvalue weighted by atomic mass is 9.84. The van der Waals surface area contributed by atoms with Gasteiger partial charge in [-0.25, -0.2) is 0 Å². The first-order valence-corrected chi connectivity index (χ1v) is 10.8. The van der Waals surface area contributed by atoms with E-state index < -0.39 is 0 Å². The van der Waals surface area contributed by atoms with Gasteiger partial charge in [-0.1, -0.05) is 54.4 Å². The first-order valence-electron chi connectivity index (χ1n) is 9.47. The van der Waals surface area contributed by atoms with Crippen LogP contribution >= 0.6 is 27.5 Å². The van der Waals surface area contributed by atoms with Crippen molar-refractivity contribution in [1.82, 2.24) is 5.32 Å². The summed E-state index contributed by atoms with van der Waals surface area (Å²) < 4.78 is 5.80. The number of ether oxygens (including phenoxy) is 1. The Morgan fingerprint density at radius 3 is 2.81 bits per heavy atom. The van der Waals surface area contributed by atoms with Crippen molar-refractivity contribution in [3.63, 3.8) is 0 Å². The molecule has 2 aliphatic rings. The van der Waals surface area contributed by atoms with Crippen molar-refractivity contribution in [3.05, 3.63) is 63.9 Å². The highest BCUT2D eigenvalue weighted by molar-refractivity contribution is 9.09. The first-order chi connectivity index (χ1) is 13.0. The molecule has 0 fully saturated rings. The van der Waals surface area contributed by atoms with E-state index in [2.05, 4.69) is 34.2 Å². The second-order valence-corrected chi connectivity index (χ2v) is 7.63. The van der Waals surface area contributed by atoms with E-state index in [0.29, 0.717) is 18.1 Å². The normalized spacial score (nSPS) is 21.5. The zero-order valence-corrected chi connectivity index (χ0v) is 18.7. The van der Waals surface area contributed by atoms with Crippen LogP contribution in [0.1, 0.15) is 39.7 Å². The van der Waals surface area contributed by atoms with Crippen LogP contribution in [0.25, 0.3) is 0 Å². The molecule has 0 saturated heterocycles. The number of rotatable bonds is 4. The van der Waals surface area contributed by atoms with Gasteiger partial charge in [-0.15, -0.1) is 0 Å². The van der Waals surface area contributed by atoms with Crippen LogP contribution in [0, 0.1) is 5.92 Å². The molecule has 2 atom stereocenters. The fourth-order valence-electron chi connectivity index (χ4n) is 3.31. The topological polar surface area (TPSA) is 38.3 Å². The molecule has 0 saturated carbocycles. The number of dihydropyridines is 1. The van der Waals surface area contributed by atoms with Gasteiger partial charge in [-0.3, -0.25) is 4.79 Å². The molecular formula is C22H27BrClNO2. The average molecular weight is 453 g/mol. The largest absolute Gasteiger partial charge is 0.493 e. The van der Waals surface area contributed by atoms with E-state index >= 15 is 0 Å². The highest BCUT2D eigenvalue weighted by atomic mass is 79.9. The Morgan fingerprint density at radius 1 is 1.41 bits per heavy atom. The van der Waals surface area contributed by atoms with Crippen molar-refractivity contribution in [2.24, 2.45) is 5.92 Å². The lowest BCUT2D eigenvalue weighted by Crippen LogP contribution is -2.31. The molecule has 0 aromatic heterocycles. The summed E-state index contributed by atoms with van der Waals surface area (Å²) in [6.07, 6.45) is 7.47. The number of carbonyl (C=O) groups is 1. The van der Waals surface area contributed by atoms with Crippen LogP contribution in [-0.4, -0.2) is 17.3 Å². The standard InChI is InChI=1S/C20H21BrClNO2.C2H6/c1-3-12-9-19(21)23-10-17(12)16(4-2)20(24)14-7-13-8-15(22)5-6-18(13)25-11-14;1-2/h4-6,8-10,14,19,23H,3,7,11H2,1-2H3;1-2H3/b16-4+;. The zero-order valence-electron chi connectivity index (χ0n) is 16.3. The molecule has 1 aromatic carbocycles. The highest BCUT2D eigenvalue weighted by Crippen LogP contribution is 2.34. The van der Waals surface area contributed by atoms with Crippen LogP contribution < -0.4 is 10.1 Å². The third kappa shape index (κ3) is 5.05. The molecule has 27 heavy (non-hydrogen) atoms. The molecule has 0 radical (unpaired) electrons. The van der Waals surface area contributed by atoms with Crippen LogP contribution in [0.4, 0.5) is 0 Å². The molecule has 0 aliphatic carbocycles. The predicted molar refractivity (Wildman–Crippen MR) is 117 cm³/mol. The second-order valence-electron chi connectivity index (χ2n) is 6.20. The molecule has 0 bridgehead atoms. The molecule has 3 rings (SSSR count). The van der Waals surface area contributed by atoms with Crippen molar-refractivity contribution < 1.29 is 9.53 Å². The number of halogens is 2. The van der Waals surface area contributed by atoms with Crippen LogP contribution in [-0.2, 0) is 11.2 Å². The van der Waals surface area contributed by atoms with E-state index in [-0.39, 0.29) is 16.7 Å². The Labute approximate surface area is 175 Å². The van der Waals surface area contributed by atoms with Gasteiger partial charge in [0, 0.05) is 22.4 Å². The monoisotopic (exact) mass is 451 g/mol. The van der Waals surface area contributed by atoms with Crippen molar-refractivity contribution >= 4 is 33.3 Å². The van der Waals surface area contributed by atoms with Crippen LogP contribution in [0.15, 0.2) is 53.3 Å². The highest BCUT2D eigenvalue weighted by Gasteiger charge is 2.30. The number of alkyl halides is 1. The van der Waals surface area contributed by atoms with E-state index in [1.165, 1.54) is 5.57 Å². The van der Waals surface area contributed by atoms with Crippen molar-refractivity contribution in [3.8, 4) is 5.75 Å². The molecule has 2 aliphatic heterocycles. The molecule has 0 amide bonds. The van der Waals surface area contributed by atoms with E-state index in [1.807, 2.05) is 51.2 Å². The van der Waals surface area contributed by atoms with Gasteiger partial charge in [-0.2, -0.15) is 0 Å². The number of hydrogen-bond acceptors (Lipinski definition) is 3. The van der Waals surface area contributed by atoms with E-state index in [0.717, 1.165) is 28.9 Å². The maximum Gasteiger partial charge on any atom is 0.170 e. The predicted octanol–water partition coefficient (Wildman–Crippen LogP) is 5.98. The number of nitrogens with one attached hydrogen (secondary N) is 1. The van der Waals surface area contributed by atoms with Gasteiger partial charge in [0.15, 0.2) is 5.78 Å². The summed E-state index contributed by atoms with van der Waals surface area (Å²) >= 11 is 9.62. The maximum atomic E-state index is 13.2. The van der Waals surface area contributed by atoms with E-state index in [4.69, 9.17) is 16.3 Å². The summed E-state index contributed by atoms with van der Waals surface area (Å²) in [5.41, 5.74) is 3.89. The van der Waals surface area contributed by atoms with Crippen molar-refractivity contribution in [2.45, 2.75) is 45.5 Å². The minimum absolute atomic E-state index is 0.103. The number of ketones is 1. The summed E-state index contributed by atoms with van der Waals surface area (Å²) in [6.45, 7) is 8.41. The van der Waals surface area contributed by atoms with Gasteiger partial charge in [0.1, 0.15) is 10.7 Å². The Kier molecular flexibility index (Phi) is 8.18. The molecule has 146 valence electrons. The Hall–Kier alpha value is -1.52. The summed E-state index contributed by atoms with van der Waals surface area (Å²) in [4.78, 5) is 13.3. The summed E-state index contributed by atoms with van der Waals surface area (Å²) in [5.74, 6) is 0.747. The summed E-state index contributed by atoms with van der Waals surface area (Å²) in [5, 5.41) is 3.90. The number of carbonyl (C=O) groups excluding carboxylic acids is 1. The lowest BCUT2D eigenvalue weighted by Gasteiger charge is -2.27. The Balaban J connectivity index is 0.00000126. The smallest absolute Gasteiger partial charge is 0.170 e. The van der Waals surface area contributed by atoms with Gasteiger partial charge in [0.05, 0.1) is 12.5 Å². The molecule has 3 nitrogen and oxygen atoms in total. The van der Waals surface area contributed by atoms with E-state index in [9.17, 15) is 4.79 Å². The number of allylic oxidation sites excluding steroid dienone is 4. The first kappa shape index (κ1) is 21.8. The molecule has 0 spiro atoms. The SMILES string of the molecule is C/C=C(/C(=O)C1COc2ccc(Cl)cc2C1)C1=CNC(Br)C=C1CC.CC. The zero-order chi connectivity index (χ0) is 20.0. The Bertz CT molecular complexity index is 783. The third-order valence-electron chi connectivity index (χ3n) is 4.61. The van der Waals surface area contributed by atoms with Crippen LogP contribution in [0.2, 0.25) is 5.02 Å². The van der Waals surface area contributed by atoms with Crippen LogP contribution in [0.5, 0.6) is 5.75 Å². The molecule has 2 heterocycles. The fourth-order valence-corrected chi connectivity index (χ4v) is 3.96. The lowest BCUT2D eigenvalue weighted by molar-refractivity contribution is -0.120. The minimum Gasteiger partial charge on any atom is -0.493 e. The molecule has 5 heteroatoms.